The largest absolute Gasteiger partial charge is 0.390 e. The number of aliphatic hydroxyl groups is 1. The van der Waals surface area contributed by atoms with Crippen molar-refractivity contribution >= 4 is 0 Å². The van der Waals surface area contributed by atoms with Crippen LogP contribution in [0.1, 0.15) is 27.2 Å². The van der Waals surface area contributed by atoms with Gasteiger partial charge in [0.25, 0.3) is 0 Å². The summed E-state index contributed by atoms with van der Waals surface area (Å²) < 4.78 is 0. The third-order valence-corrected chi connectivity index (χ3v) is 2.92. The smallest absolute Gasteiger partial charge is 0.0644 e. The van der Waals surface area contributed by atoms with Crippen LogP contribution in [0.5, 0.6) is 0 Å². The average Bonchev–Trinajstić information content (AvgIpc) is 1.79. The molecule has 3 heteroatoms. The van der Waals surface area contributed by atoms with Gasteiger partial charge in [0.15, 0.2) is 0 Å². The first kappa shape index (κ1) is 10.5. The van der Waals surface area contributed by atoms with Gasteiger partial charge in [0.2, 0.25) is 0 Å². The van der Waals surface area contributed by atoms with E-state index >= 15 is 0 Å². The molecule has 0 spiro atoms. The van der Waals surface area contributed by atoms with Crippen LogP contribution in [0, 0.1) is 17.2 Å². The van der Waals surface area contributed by atoms with E-state index in [2.05, 4.69) is 17.9 Å². The van der Waals surface area contributed by atoms with Gasteiger partial charge in [-0.15, -0.1) is 0 Å². The lowest BCUT2D eigenvalue weighted by atomic mass is 9.83. The lowest BCUT2D eigenvalue weighted by Gasteiger charge is -2.47. The minimum Gasteiger partial charge on any atom is -0.390 e. The molecule has 1 aliphatic heterocycles. The topological polar surface area (TPSA) is 47.3 Å². The summed E-state index contributed by atoms with van der Waals surface area (Å²) in [5.74, 6) is 0.369. The Morgan fingerprint density at radius 3 is 2.54 bits per heavy atom. The monoisotopic (exact) mass is 182 g/mol. The van der Waals surface area contributed by atoms with Crippen molar-refractivity contribution in [2.24, 2.45) is 5.92 Å². The summed E-state index contributed by atoms with van der Waals surface area (Å²) in [4.78, 5) is 2.24. The van der Waals surface area contributed by atoms with Crippen LogP contribution in [0.3, 0.4) is 0 Å². The predicted molar refractivity (Wildman–Crippen MR) is 51.1 cm³/mol. The molecule has 1 aliphatic rings. The molecule has 1 saturated heterocycles. The molecule has 0 amide bonds. The molecule has 0 saturated carbocycles. The molecule has 0 bridgehead atoms. The second-order valence-corrected chi connectivity index (χ2v) is 4.52. The molecule has 0 aliphatic carbocycles. The van der Waals surface area contributed by atoms with E-state index in [1.54, 1.807) is 0 Å². The van der Waals surface area contributed by atoms with Crippen LogP contribution in [0.2, 0.25) is 0 Å². The fraction of sp³-hybridized carbons (Fsp3) is 0.900. The van der Waals surface area contributed by atoms with Crippen LogP contribution in [0.4, 0.5) is 0 Å². The number of nitriles is 1. The second-order valence-electron chi connectivity index (χ2n) is 4.52. The van der Waals surface area contributed by atoms with Crippen molar-refractivity contribution < 1.29 is 5.11 Å². The number of rotatable bonds is 3. The highest BCUT2D eigenvalue weighted by atomic mass is 16.3. The molecule has 1 rings (SSSR count). The zero-order valence-electron chi connectivity index (χ0n) is 8.62. The van der Waals surface area contributed by atoms with Crippen molar-refractivity contribution in [1.29, 1.82) is 5.26 Å². The van der Waals surface area contributed by atoms with Gasteiger partial charge < -0.3 is 5.11 Å². The van der Waals surface area contributed by atoms with Crippen LogP contribution in [0.15, 0.2) is 0 Å². The number of nitrogens with zero attached hydrogens (tertiary/aromatic N) is 2. The van der Waals surface area contributed by atoms with E-state index in [1.807, 2.05) is 13.8 Å². The Bertz CT molecular complexity index is 208. The van der Waals surface area contributed by atoms with Gasteiger partial charge in [-0.25, -0.2) is 0 Å². The highest BCUT2D eigenvalue weighted by molar-refractivity contribution is 4.94. The lowest BCUT2D eigenvalue weighted by Crippen LogP contribution is -2.58. The number of hydrogen-bond donors (Lipinski definition) is 1. The van der Waals surface area contributed by atoms with Crippen LogP contribution in [-0.4, -0.2) is 34.7 Å². The summed E-state index contributed by atoms with van der Waals surface area (Å²) in [6, 6.07) is 2.50. The van der Waals surface area contributed by atoms with Crippen molar-refractivity contribution in [1.82, 2.24) is 4.90 Å². The molecule has 1 atom stereocenters. The zero-order chi connectivity index (χ0) is 10.1. The highest BCUT2D eigenvalue weighted by Crippen LogP contribution is 2.28. The van der Waals surface area contributed by atoms with E-state index in [0.717, 1.165) is 13.1 Å². The fourth-order valence-electron chi connectivity index (χ4n) is 1.58. The standard InChI is InChI=1S/C10H18N2O/c1-8(4-5-11)12-6-9(7-12)10(2,3)13/h8-9,13H,4,6-7H2,1-3H3. The molecule has 1 unspecified atom stereocenters. The zero-order valence-corrected chi connectivity index (χ0v) is 8.62. The second kappa shape index (κ2) is 3.65. The molecule has 3 nitrogen and oxygen atoms in total. The van der Waals surface area contributed by atoms with E-state index in [9.17, 15) is 5.11 Å². The average molecular weight is 182 g/mol. The third-order valence-electron chi connectivity index (χ3n) is 2.92. The maximum absolute atomic E-state index is 9.68. The van der Waals surface area contributed by atoms with Crippen molar-refractivity contribution in [3.8, 4) is 6.07 Å². The summed E-state index contributed by atoms with van der Waals surface area (Å²) >= 11 is 0. The Balaban J connectivity index is 2.30. The van der Waals surface area contributed by atoms with E-state index in [4.69, 9.17) is 5.26 Å². The molecular weight excluding hydrogens is 164 g/mol. The minimum atomic E-state index is -0.567. The van der Waals surface area contributed by atoms with Crippen molar-refractivity contribution in [2.75, 3.05) is 13.1 Å². The summed E-state index contributed by atoms with van der Waals surface area (Å²) in [6.07, 6.45) is 0.582. The maximum Gasteiger partial charge on any atom is 0.0644 e. The number of likely N-dealkylation sites (tertiary alicyclic amines) is 1. The minimum absolute atomic E-state index is 0.337. The van der Waals surface area contributed by atoms with Gasteiger partial charge in [0.05, 0.1) is 18.1 Å². The Morgan fingerprint density at radius 1 is 1.62 bits per heavy atom. The summed E-state index contributed by atoms with van der Waals surface area (Å²) in [6.45, 7) is 7.61. The maximum atomic E-state index is 9.68. The molecule has 1 fully saturated rings. The molecule has 1 heterocycles. The SMILES string of the molecule is CC(CC#N)N1CC(C(C)(C)O)C1. The normalized spacial score (nSPS) is 22.1. The Morgan fingerprint density at radius 2 is 2.15 bits per heavy atom. The van der Waals surface area contributed by atoms with Crippen molar-refractivity contribution in [2.45, 2.75) is 38.8 Å². The molecule has 0 aromatic heterocycles. The van der Waals surface area contributed by atoms with Gasteiger partial charge in [0.1, 0.15) is 0 Å². The third kappa shape index (κ3) is 2.43. The summed E-state index contributed by atoms with van der Waals surface area (Å²) in [7, 11) is 0. The van der Waals surface area contributed by atoms with Crippen LogP contribution in [-0.2, 0) is 0 Å². The first-order valence-corrected chi connectivity index (χ1v) is 4.78. The predicted octanol–water partition coefficient (Wildman–Crippen LogP) is 0.991. The molecule has 0 aromatic carbocycles. The first-order valence-electron chi connectivity index (χ1n) is 4.78. The van der Waals surface area contributed by atoms with Crippen molar-refractivity contribution in [3.63, 3.8) is 0 Å². The van der Waals surface area contributed by atoms with Gasteiger partial charge in [-0.3, -0.25) is 4.90 Å². The lowest BCUT2D eigenvalue weighted by molar-refractivity contribution is -0.0736. The van der Waals surface area contributed by atoms with Gasteiger partial charge in [-0.05, 0) is 20.8 Å². The molecule has 13 heavy (non-hydrogen) atoms. The summed E-state index contributed by atoms with van der Waals surface area (Å²) in [5, 5.41) is 18.2. The first-order chi connectivity index (χ1) is 5.95. The molecule has 0 aromatic rings. The van der Waals surface area contributed by atoms with Crippen LogP contribution < -0.4 is 0 Å². The molecule has 74 valence electrons. The van der Waals surface area contributed by atoms with Crippen LogP contribution >= 0.6 is 0 Å². The van der Waals surface area contributed by atoms with Gasteiger partial charge >= 0.3 is 0 Å². The van der Waals surface area contributed by atoms with Gasteiger partial charge in [0, 0.05) is 25.0 Å². The van der Waals surface area contributed by atoms with E-state index in [1.165, 1.54) is 0 Å². The van der Waals surface area contributed by atoms with E-state index in [-0.39, 0.29) is 0 Å². The molecule has 0 radical (unpaired) electrons. The van der Waals surface area contributed by atoms with E-state index < -0.39 is 5.60 Å². The Kier molecular flexibility index (Phi) is 2.94. The van der Waals surface area contributed by atoms with Gasteiger partial charge in [-0.2, -0.15) is 5.26 Å². The highest BCUT2D eigenvalue weighted by Gasteiger charge is 2.38. The number of hydrogen-bond acceptors (Lipinski definition) is 3. The Hall–Kier alpha value is -0.590. The van der Waals surface area contributed by atoms with E-state index in [0.29, 0.717) is 18.4 Å². The van der Waals surface area contributed by atoms with Crippen LogP contribution in [0.25, 0.3) is 0 Å². The fourth-order valence-corrected chi connectivity index (χ4v) is 1.58. The quantitative estimate of drug-likeness (QED) is 0.708. The molecule has 1 N–H and O–H groups in total. The molecular formula is C10H18N2O. The Labute approximate surface area is 80.0 Å². The van der Waals surface area contributed by atoms with Crippen molar-refractivity contribution in [3.05, 3.63) is 0 Å². The van der Waals surface area contributed by atoms with Gasteiger partial charge in [-0.1, -0.05) is 0 Å². The summed E-state index contributed by atoms with van der Waals surface area (Å²) in [5.41, 5.74) is -0.567.